The molecule has 0 aliphatic heterocycles. The highest BCUT2D eigenvalue weighted by Crippen LogP contribution is 2.27. The average Bonchev–Trinajstić information content (AvgIpc) is 3.12. The Morgan fingerprint density at radius 1 is 1.41 bits per heavy atom. The number of rotatable bonds is 5. The molecule has 2 heterocycles. The van der Waals surface area contributed by atoms with E-state index in [1.165, 1.54) is 0 Å². The lowest BCUT2D eigenvalue weighted by molar-refractivity contribution is 0.0690. The summed E-state index contributed by atoms with van der Waals surface area (Å²) in [5.74, 6) is -0.155. The number of hydrogen-bond donors (Lipinski definition) is 2. The summed E-state index contributed by atoms with van der Waals surface area (Å²) in [5.41, 5.74) is 1.65. The van der Waals surface area contributed by atoms with Crippen molar-refractivity contribution in [3.05, 3.63) is 53.5 Å². The highest BCUT2D eigenvalue weighted by molar-refractivity contribution is 5.85. The molecule has 0 aliphatic carbocycles. The van der Waals surface area contributed by atoms with Gasteiger partial charge in [-0.15, -0.1) is 0 Å². The van der Waals surface area contributed by atoms with Crippen molar-refractivity contribution in [3.8, 4) is 0 Å². The van der Waals surface area contributed by atoms with Crippen molar-refractivity contribution in [1.82, 2.24) is 15.1 Å². The number of benzene rings is 1. The molecule has 0 spiro atoms. The minimum Gasteiger partial charge on any atom is -0.476 e. The molecule has 3 rings (SSSR count). The second-order valence-electron chi connectivity index (χ2n) is 5.36. The van der Waals surface area contributed by atoms with E-state index in [0.717, 1.165) is 22.4 Å². The van der Waals surface area contributed by atoms with Crippen molar-refractivity contribution < 1.29 is 14.3 Å². The van der Waals surface area contributed by atoms with E-state index in [-0.39, 0.29) is 11.7 Å². The smallest absolute Gasteiger partial charge is 0.356 e. The quantitative estimate of drug-likeness (QED) is 0.756. The monoisotopic (exact) mass is 299 g/mol. The summed E-state index contributed by atoms with van der Waals surface area (Å²) in [6, 6.07) is 11.5. The molecule has 1 atom stereocenters. The number of carbonyl (C=O) groups is 1. The van der Waals surface area contributed by atoms with E-state index < -0.39 is 5.97 Å². The van der Waals surface area contributed by atoms with Crippen LogP contribution in [-0.2, 0) is 6.54 Å². The van der Waals surface area contributed by atoms with Gasteiger partial charge in [-0.2, -0.15) is 5.10 Å². The van der Waals surface area contributed by atoms with Crippen LogP contribution in [-0.4, -0.2) is 33.2 Å². The summed E-state index contributed by atoms with van der Waals surface area (Å²) in [4.78, 5) is 12.9. The van der Waals surface area contributed by atoms with Crippen LogP contribution in [0.15, 0.2) is 40.8 Å². The molecule has 1 unspecified atom stereocenters. The van der Waals surface area contributed by atoms with E-state index >= 15 is 0 Å². The minimum atomic E-state index is -1.03. The average molecular weight is 299 g/mol. The van der Waals surface area contributed by atoms with Gasteiger partial charge in [-0.3, -0.25) is 10.00 Å². The van der Waals surface area contributed by atoms with Gasteiger partial charge in [-0.05, 0) is 32.2 Å². The maximum Gasteiger partial charge on any atom is 0.356 e. The zero-order valence-corrected chi connectivity index (χ0v) is 12.4. The van der Waals surface area contributed by atoms with Crippen LogP contribution >= 0.6 is 0 Å². The van der Waals surface area contributed by atoms with E-state index in [4.69, 9.17) is 9.52 Å². The molecule has 114 valence electrons. The molecular weight excluding hydrogens is 282 g/mol. The molecule has 0 saturated carbocycles. The number of para-hydroxylation sites is 1. The number of nitrogens with zero attached hydrogens (tertiary/aromatic N) is 2. The predicted molar refractivity (Wildman–Crippen MR) is 81.6 cm³/mol. The normalized spacial score (nSPS) is 12.9. The van der Waals surface area contributed by atoms with Crippen LogP contribution in [0.1, 0.15) is 34.9 Å². The second kappa shape index (κ2) is 5.65. The first-order valence-corrected chi connectivity index (χ1v) is 7.01. The molecule has 1 aromatic carbocycles. The Bertz CT molecular complexity index is 773. The van der Waals surface area contributed by atoms with E-state index in [1.807, 2.05) is 44.3 Å². The topological polar surface area (TPSA) is 82.4 Å². The van der Waals surface area contributed by atoms with Crippen molar-refractivity contribution in [2.75, 3.05) is 7.05 Å². The third kappa shape index (κ3) is 2.73. The van der Waals surface area contributed by atoms with Gasteiger partial charge >= 0.3 is 5.97 Å². The standard InChI is InChI=1S/C16H17N3O3/c1-10(15-7-11-5-3-4-6-14(11)22-15)19(2)9-12-8-13(16(20)21)18-17-12/h3-8,10H,9H2,1-2H3,(H,17,18)(H,20,21). The van der Waals surface area contributed by atoms with Crippen LogP contribution in [0.2, 0.25) is 0 Å². The lowest BCUT2D eigenvalue weighted by Gasteiger charge is -2.21. The number of fused-ring (bicyclic) bond motifs is 1. The third-order valence-electron chi connectivity index (χ3n) is 3.79. The Morgan fingerprint density at radius 2 is 2.18 bits per heavy atom. The Morgan fingerprint density at radius 3 is 2.86 bits per heavy atom. The van der Waals surface area contributed by atoms with Gasteiger partial charge in [-0.25, -0.2) is 4.79 Å². The summed E-state index contributed by atoms with van der Waals surface area (Å²) in [5, 5.41) is 16.5. The lowest BCUT2D eigenvalue weighted by atomic mass is 10.2. The SMILES string of the molecule is CC(c1cc2ccccc2o1)N(C)Cc1cc(C(=O)O)n[nH]1. The molecule has 3 aromatic rings. The number of carboxylic acids is 1. The minimum absolute atomic E-state index is 0.0276. The van der Waals surface area contributed by atoms with E-state index in [2.05, 4.69) is 15.1 Å². The zero-order chi connectivity index (χ0) is 15.7. The fraction of sp³-hybridized carbons (Fsp3) is 0.250. The van der Waals surface area contributed by atoms with Crippen molar-refractivity contribution in [2.45, 2.75) is 19.5 Å². The first kappa shape index (κ1) is 14.3. The van der Waals surface area contributed by atoms with Gasteiger partial charge in [0.15, 0.2) is 5.69 Å². The van der Waals surface area contributed by atoms with Gasteiger partial charge in [-0.1, -0.05) is 18.2 Å². The summed E-state index contributed by atoms with van der Waals surface area (Å²) < 4.78 is 5.87. The number of nitrogens with one attached hydrogen (secondary N) is 1. The van der Waals surface area contributed by atoms with Crippen LogP contribution in [0.3, 0.4) is 0 Å². The van der Waals surface area contributed by atoms with Gasteiger partial charge in [0.2, 0.25) is 0 Å². The Hall–Kier alpha value is -2.60. The highest BCUT2D eigenvalue weighted by atomic mass is 16.4. The number of hydrogen-bond acceptors (Lipinski definition) is 4. The lowest BCUT2D eigenvalue weighted by Crippen LogP contribution is -2.21. The van der Waals surface area contributed by atoms with E-state index in [9.17, 15) is 4.79 Å². The molecule has 2 aromatic heterocycles. The van der Waals surface area contributed by atoms with Gasteiger partial charge in [0.05, 0.1) is 11.7 Å². The molecule has 22 heavy (non-hydrogen) atoms. The molecule has 0 radical (unpaired) electrons. The van der Waals surface area contributed by atoms with E-state index in [1.54, 1.807) is 6.07 Å². The van der Waals surface area contributed by atoms with Crippen LogP contribution in [0.25, 0.3) is 11.0 Å². The van der Waals surface area contributed by atoms with Crippen LogP contribution < -0.4 is 0 Å². The van der Waals surface area contributed by atoms with Crippen LogP contribution in [0.5, 0.6) is 0 Å². The molecule has 2 N–H and O–H groups in total. The Balaban J connectivity index is 1.75. The molecular formula is C16H17N3O3. The molecule has 0 saturated heterocycles. The van der Waals surface area contributed by atoms with Crippen molar-refractivity contribution >= 4 is 16.9 Å². The summed E-state index contributed by atoms with van der Waals surface area (Å²) in [6.07, 6.45) is 0. The van der Waals surface area contributed by atoms with Gasteiger partial charge in [0, 0.05) is 11.9 Å². The molecule has 6 heteroatoms. The Kier molecular flexibility index (Phi) is 3.68. The van der Waals surface area contributed by atoms with Crippen LogP contribution in [0.4, 0.5) is 0 Å². The van der Waals surface area contributed by atoms with Gasteiger partial charge in [0.25, 0.3) is 0 Å². The maximum absolute atomic E-state index is 10.8. The first-order chi connectivity index (χ1) is 10.5. The fourth-order valence-electron chi connectivity index (χ4n) is 2.38. The van der Waals surface area contributed by atoms with Crippen molar-refractivity contribution in [3.63, 3.8) is 0 Å². The number of aromatic nitrogens is 2. The highest BCUT2D eigenvalue weighted by Gasteiger charge is 2.18. The molecule has 0 amide bonds. The predicted octanol–water partition coefficient (Wildman–Crippen LogP) is 3.05. The van der Waals surface area contributed by atoms with Crippen molar-refractivity contribution in [2.24, 2.45) is 0 Å². The van der Waals surface area contributed by atoms with Crippen molar-refractivity contribution in [1.29, 1.82) is 0 Å². The number of furan rings is 1. The zero-order valence-electron chi connectivity index (χ0n) is 12.4. The number of aromatic amines is 1. The summed E-state index contributed by atoms with van der Waals surface area (Å²) >= 11 is 0. The molecule has 0 fully saturated rings. The number of aromatic carboxylic acids is 1. The fourth-order valence-corrected chi connectivity index (χ4v) is 2.38. The maximum atomic E-state index is 10.8. The first-order valence-electron chi connectivity index (χ1n) is 7.01. The number of H-pyrrole nitrogens is 1. The molecule has 6 nitrogen and oxygen atoms in total. The van der Waals surface area contributed by atoms with Gasteiger partial charge < -0.3 is 9.52 Å². The third-order valence-corrected chi connectivity index (χ3v) is 3.79. The van der Waals surface area contributed by atoms with E-state index in [0.29, 0.717) is 6.54 Å². The summed E-state index contributed by atoms with van der Waals surface area (Å²) in [6.45, 7) is 2.60. The van der Waals surface area contributed by atoms with Gasteiger partial charge in [0.1, 0.15) is 11.3 Å². The molecule has 0 aliphatic rings. The van der Waals surface area contributed by atoms with Crippen LogP contribution in [0, 0.1) is 0 Å². The largest absolute Gasteiger partial charge is 0.476 e. The number of carboxylic acid groups (broad SMARTS) is 1. The second-order valence-corrected chi connectivity index (χ2v) is 5.36. The summed E-state index contributed by atoms with van der Waals surface area (Å²) in [7, 11) is 1.96. The Labute approximate surface area is 127 Å². The molecule has 0 bridgehead atoms.